The highest BCUT2D eigenvalue weighted by molar-refractivity contribution is 6.36. The molecular weight excluding hydrogens is 391 g/mol. The molecule has 1 aliphatic rings. The lowest BCUT2D eigenvalue weighted by Crippen LogP contribution is -2.46. The first kappa shape index (κ1) is 21.5. The summed E-state index contributed by atoms with van der Waals surface area (Å²) in [6, 6.07) is 3.78. The number of amides is 2. The van der Waals surface area contributed by atoms with Crippen LogP contribution in [0.1, 0.15) is 50.4 Å². The van der Waals surface area contributed by atoms with Crippen molar-refractivity contribution in [3.8, 4) is 0 Å². The maximum atomic E-state index is 12.5. The average molecular weight is 415 g/mol. The van der Waals surface area contributed by atoms with Crippen molar-refractivity contribution in [3.05, 3.63) is 33.8 Å². The number of halogens is 2. The molecule has 0 heterocycles. The van der Waals surface area contributed by atoms with E-state index in [1.807, 2.05) is 13.8 Å². The van der Waals surface area contributed by atoms with Crippen LogP contribution in [0.25, 0.3) is 0 Å². The normalized spacial score (nSPS) is 15.8. The topological polar surface area (TPSA) is 84.5 Å². The molecule has 8 heteroatoms. The van der Waals surface area contributed by atoms with Crippen LogP contribution < -0.4 is 10.6 Å². The first-order valence-electron chi connectivity index (χ1n) is 8.94. The van der Waals surface area contributed by atoms with E-state index in [2.05, 4.69) is 10.6 Å². The molecule has 2 amide bonds. The van der Waals surface area contributed by atoms with E-state index in [0.717, 1.165) is 12.8 Å². The fraction of sp³-hybridized carbons (Fsp3) is 0.526. The Balaban J connectivity index is 2.03. The smallest absolute Gasteiger partial charge is 0.329 e. The highest BCUT2D eigenvalue weighted by atomic mass is 35.5. The fourth-order valence-electron chi connectivity index (χ4n) is 2.45. The highest BCUT2D eigenvalue weighted by Gasteiger charge is 2.30. The quantitative estimate of drug-likeness (QED) is 0.638. The van der Waals surface area contributed by atoms with E-state index in [9.17, 15) is 14.4 Å². The zero-order valence-corrected chi connectivity index (χ0v) is 17.1. The molecular formula is C19H24Cl2N2O4. The molecule has 0 unspecified atom stereocenters. The van der Waals surface area contributed by atoms with Crippen LogP contribution in [0, 0.1) is 5.92 Å². The summed E-state index contributed by atoms with van der Waals surface area (Å²) < 4.78 is 5.27. The third-order valence-corrected chi connectivity index (χ3v) is 4.61. The summed E-state index contributed by atoms with van der Waals surface area (Å²) in [6.45, 7) is 5.36. The van der Waals surface area contributed by atoms with Crippen molar-refractivity contribution in [1.82, 2.24) is 10.6 Å². The molecule has 148 valence electrons. The van der Waals surface area contributed by atoms with Gasteiger partial charge in [0.2, 0.25) is 0 Å². The first-order chi connectivity index (χ1) is 12.7. The molecule has 0 aliphatic heterocycles. The van der Waals surface area contributed by atoms with Gasteiger partial charge in [0.15, 0.2) is 6.10 Å². The monoisotopic (exact) mass is 414 g/mol. The van der Waals surface area contributed by atoms with E-state index < -0.39 is 24.0 Å². The van der Waals surface area contributed by atoms with Gasteiger partial charge in [-0.1, -0.05) is 37.0 Å². The Bertz CT molecular complexity index is 720. The number of hydrogen-bond donors (Lipinski definition) is 2. The van der Waals surface area contributed by atoms with Crippen LogP contribution in [0.4, 0.5) is 0 Å². The minimum absolute atomic E-state index is 0.124. The molecule has 0 saturated heterocycles. The first-order valence-corrected chi connectivity index (χ1v) is 9.69. The van der Waals surface area contributed by atoms with Gasteiger partial charge in [-0.25, -0.2) is 4.79 Å². The molecule has 0 spiro atoms. The molecule has 0 aromatic heterocycles. The van der Waals surface area contributed by atoms with Gasteiger partial charge in [0.05, 0.1) is 10.6 Å². The summed E-state index contributed by atoms with van der Waals surface area (Å²) in [6.07, 6.45) is 1.33. The lowest BCUT2D eigenvalue weighted by Gasteiger charge is -2.22. The maximum Gasteiger partial charge on any atom is 0.329 e. The minimum atomic E-state index is -0.927. The van der Waals surface area contributed by atoms with Crippen molar-refractivity contribution in [2.45, 2.75) is 58.2 Å². The number of nitrogens with one attached hydrogen (secondary N) is 2. The number of rotatable bonds is 8. The van der Waals surface area contributed by atoms with Crippen LogP contribution in [0.5, 0.6) is 0 Å². The van der Waals surface area contributed by atoms with Crippen LogP contribution in [0.15, 0.2) is 18.2 Å². The molecule has 2 rings (SSSR count). The van der Waals surface area contributed by atoms with E-state index in [0.29, 0.717) is 11.4 Å². The second kappa shape index (κ2) is 9.42. The summed E-state index contributed by atoms with van der Waals surface area (Å²) in [4.78, 5) is 37.0. The van der Waals surface area contributed by atoms with Crippen molar-refractivity contribution >= 4 is 41.0 Å². The maximum absolute atomic E-state index is 12.5. The van der Waals surface area contributed by atoms with Crippen molar-refractivity contribution < 1.29 is 19.1 Å². The SMILES string of the molecule is CC(C)C[C@@H](NC(=O)c1ccc(Cl)cc1Cl)C(=O)O[C@H](C)C(=O)NC1CC1. The molecule has 0 bridgehead atoms. The van der Waals surface area contributed by atoms with Crippen LogP contribution in [0.3, 0.4) is 0 Å². The van der Waals surface area contributed by atoms with Gasteiger partial charge in [-0.3, -0.25) is 9.59 Å². The Kier molecular flexibility index (Phi) is 7.50. The van der Waals surface area contributed by atoms with Gasteiger partial charge in [-0.05, 0) is 50.3 Å². The third-order valence-electron chi connectivity index (χ3n) is 4.06. The van der Waals surface area contributed by atoms with E-state index in [-0.39, 0.29) is 28.5 Å². The van der Waals surface area contributed by atoms with Crippen molar-refractivity contribution in [2.24, 2.45) is 5.92 Å². The Labute approximate surface area is 168 Å². The molecule has 6 nitrogen and oxygen atoms in total. The second-order valence-corrected chi connectivity index (χ2v) is 7.99. The molecule has 1 fully saturated rings. The molecule has 1 aliphatic carbocycles. The fourth-order valence-corrected chi connectivity index (χ4v) is 2.95. The Morgan fingerprint density at radius 2 is 1.85 bits per heavy atom. The Hall–Kier alpha value is -1.79. The molecule has 2 atom stereocenters. The van der Waals surface area contributed by atoms with Crippen molar-refractivity contribution in [2.75, 3.05) is 0 Å². The predicted molar refractivity (Wildman–Crippen MR) is 104 cm³/mol. The number of ether oxygens (including phenoxy) is 1. The molecule has 1 aromatic rings. The lowest BCUT2D eigenvalue weighted by molar-refractivity contribution is -0.157. The van der Waals surface area contributed by atoms with Crippen LogP contribution >= 0.6 is 23.2 Å². The Morgan fingerprint density at radius 1 is 1.19 bits per heavy atom. The van der Waals surface area contributed by atoms with E-state index in [1.54, 1.807) is 6.07 Å². The van der Waals surface area contributed by atoms with Gasteiger partial charge in [0, 0.05) is 11.1 Å². The van der Waals surface area contributed by atoms with E-state index in [4.69, 9.17) is 27.9 Å². The zero-order valence-electron chi connectivity index (χ0n) is 15.6. The number of hydrogen-bond acceptors (Lipinski definition) is 4. The third kappa shape index (κ3) is 6.70. The highest BCUT2D eigenvalue weighted by Crippen LogP contribution is 2.22. The number of carbonyl (C=O) groups excluding carboxylic acids is 3. The number of esters is 1. The lowest BCUT2D eigenvalue weighted by atomic mass is 10.0. The minimum Gasteiger partial charge on any atom is -0.451 e. The summed E-state index contributed by atoms with van der Waals surface area (Å²) in [5, 5.41) is 6.03. The van der Waals surface area contributed by atoms with Gasteiger partial charge in [0.25, 0.3) is 11.8 Å². The largest absolute Gasteiger partial charge is 0.451 e. The van der Waals surface area contributed by atoms with Crippen molar-refractivity contribution in [1.29, 1.82) is 0 Å². The number of benzene rings is 1. The number of carbonyl (C=O) groups is 3. The summed E-state index contributed by atoms with van der Waals surface area (Å²) in [7, 11) is 0. The molecule has 0 radical (unpaired) electrons. The van der Waals surface area contributed by atoms with Crippen LogP contribution in [-0.4, -0.2) is 36.0 Å². The van der Waals surface area contributed by atoms with Crippen molar-refractivity contribution in [3.63, 3.8) is 0 Å². The van der Waals surface area contributed by atoms with E-state index in [1.165, 1.54) is 19.1 Å². The molecule has 1 saturated carbocycles. The zero-order chi connectivity index (χ0) is 20.1. The van der Waals surface area contributed by atoms with Gasteiger partial charge < -0.3 is 15.4 Å². The molecule has 1 aromatic carbocycles. The van der Waals surface area contributed by atoms with E-state index >= 15 is 0 Å². The summed E-state index contributed by atoms with van der Waals surface area (Å²) >= 11 is 11.9. The van der Waals surface area contributed by atoms with Gasteiger partial charge >= 0.3 is 5.97 Å². The summed E-state index contributed by atoms with van der Waals surface area (Å²) in [5.41, 5.74) is 0.210. The van der Waals surface area contributed by atoms with Gasteiger partial charge in [-0.15, -0.1) is 0 Å². The van der Waals surface area contributed by atoms with Crippen LogP contribution in [-0.2, 0) is 14.3 Å². The second-order valence-electron chi connectivity index (χ2n) is 7.14. The average Bonchev–Trinajstić information content (AvgIpc) is 3.37. The molecule has 2 N–H and O–H groups in total. The Morgan fingerprint density at radius 3 is 2.41 bits per heavy atom. The standard InChI is InChI=1S/C19H24Cl2N2O4/c1-10(2)8-16(19(26)27-11(3)17(24)22-13-5-6-13)23-18(25)14-7-4-12(20)9-15(14)21/h4,7,9-11,13,16H,5-6,8H2,1-3H3,(H,22,24)(H,23,25)/t11-,16-/m1/s1. The predicted octanol–water partition coefficient (Wildman–Crippen LogP) is 3.35. The molecule has 27 heavy (non-hydrogen) atoms. The van der Waals surface area contributed by atoms with Crippen LogP contribution in [0.2, 0.25) is 10.0 Å². The van der Waals surface area contributed by atoms with Gasteiger partial charge in [0.1, 0.15) is 6.04 Å². The van der Waals surface area contributed by atoms with Gasteiger partial charge in [-0.2, -0.15) is 0 Å². The summed E-state index contributed by atoms with van der Waals surface area (Å²) in [5.74, 6) is -1.37.